The third-order valence-corrected chi connectivity index (χ3v) is 3.42. The van der Waals surface area contributed by atoms with E-state index in [2.05, 4.69) is 0 Å². The van der Waals surface area contributed by atoms with Crippen molar-refractivity contribution in [3.8, 4) is 17.2 Å². The SMILES string of the molecule is CC(Oc1ccc(Oc2ccc(Cl)cc2Cl)cc1)C(=O)Cl. The van der Waals surface area contributed by atoms with E-state index >= 15 is 0 Å². The molecule has 0 heterocycles. The van der Waals surface area contributed by atoms with Gasteiger partial charge in [-0.05, 0) is 61.0 Å². The Morgan fingerprint density at radius 2 is 1.67 bits per heavy atom. The second-order valence-electron chi connectivity index (χ2n) is 4.21. The number of halogens is 3. The molecule has 2 aromatic rings. The average Bonchev–Trinajstić information content (AvgIpc) is 2.43. The largest absolute Gasteiger partial charge is 0.482 e. The maximum atomic E-state index is 10.9. The highest BCUT2D eigenvalue weighted by molar-refractivity contribution is 6.64. The molecule has 0 radical (unpaired) electrons. The maximum Gasteiger partial charge on any atom is 0.262 e. The van der Waals surface area contributed by atoms with Crippen molar-refractivity contribution < 1.29 is 14.3 Å². The minimum atomic E-state index is -0.704. The van der Waals surface area contributed by atoms with Crippen LogP contribution in [0, 0.1) is 0 Å². The topological polar surface area (TPSA) is 35.5 Å². The molecule has 2 aromatic carbocycles. The van der Waals surface area contributed by atoms with E-state index in [9.17, 15) is 4.79 Å². The normalized spacial score (nSPS) is 11.8. The van der Waals surface area contributed by atoms with Gasteiger partial charge in [-0.1, -0.05) is 23.2 Å². The van der Waals surface area contributed by atoms with Gasteiger partial charge in [0.1, 0.15) is 17.2 Å². The molecule has 0 aliphatic carbocycles. The molecule has 21 heavy (non-hydrogen) atoms. The zero-order valence-electron chi connectivity index (χ0n) is 11.0. The molecular formula is C15H11Cl3O3. The molecule has 0 spiro atoms. The van der Waals surface area contributed by atoms with Crippen LogP contribution < -0.4 is 9.47 Å². The Kier molecular flexibility index (Phi) is 5.34. The molecule has 0 aliphatic rings. The van der Waals surface area contributed by atoms with Gasteiger partial charge in [0.2, 0.25) is 0 Å². The summed E-state index contributed by atoms with van der Waals surface area (Å²) in [4.78, 5) is 10.9. The van der Waals surface area contributed by atoms with Crippen molar-refractivity contribution >= 4 is 40.0 Å². The number of rotatable bonds is 5. The average molecular weight is 346 g/mol. The van der Waals surface area contributed by atoms with Gasteiger partial charge in [0.15, 0.2) is 6.10 Å². The molecule has 0 amide bonds. The van der Waals surface area contributed by atoms with Crippen LogP contribution in [0.5, 0.6) is 17.2 Å². The van der Waals surface area contributed by atoms with Gasteiger partial charge in [-0.15, -0.1) is 0 Å². The molecular weight excluding hydrogens is 335 g/mol. The van der Waals surface area contributed by atoms with Gasteiger partial charge in [0.25, 0.3) is 5.24 Å². The van der Waals surface area contributed by atoms with Gasteiger partial charge < -0.3 is 9.47 Å². The number of hydrogen-bond donors (Lipinski definition) is 0. The van der Waals surface area contributed by atoms with Crippen molar-refractivity contribution in [3.63, 3.8) is 0 Å². The molecule has 0 aliphatic heterocycles. The molecule has 110 valence electrons. The predicted molar refractivity (Wildman–Crippen MR) is 83.9 cm³/mol. The standard InChI is InChI=1S/C15H11Cl3O3/c1-9(15(18)19)20-11-3-5-12(6-4-11)21-14-7-2-10(16)8-13(14)17/h2-9H,1H3. The van der Waals surface area contributed by atoms with Crippen molar-refractivity contribution in [1.82, 2.24) is 0 Å². The van der Waals surface area contributed by atoms with Crippen LogP contribution in [0.1, 0.15) is 6.92 Å². The van der Waals surface area contributed by atoms with Gasteiger partial charge >= 0.3 is 0 Å². The fraction of sp³-hybridized carbons (Fsp3) is 0.133. The Balaban J connectivity index is 2.07. The van der Waals surface area contributed by atoms with Crippen molar-refractivity contribution in [3.05, 3.63) is 52.5 Å². The summed E-state index contributed by atoms with van der Waals surface area (Å²) in [6.45, 7) is 1.58. The summed E-state index contributed by atoms with van der Waals surface area (Å²) in [5, 5.41) is 0.406. The summed E-state index contributed by atoms with van der Waals surface area (Å²) in [7, 11) is 0. The molecule has 1 unspecified atom stereocenters. The van der Waals surface area contributed by atoms with Gasteiger partial charge in [0.05, 0.1) is 5.02 Å². The predicted octanol–water partition coefficient (Wildman–Crippen LogP) is 5.32. The monoisotopic (exact) mass is 344 g/mol. The number of carbonyl (C=O) groups excluding carboxylic acids is 1. The fourth-order valence-electron chi connectivity index (χ4n) is 1.52. The number of ether oxygens (including phenoxy) is 2. The smallest absolute Gasteiger partial charge is 0.262 e. The van der Waals surface area contributed by atoms with Crippen molar-refractivity contribution in [1.29, 1.82) is 0 Å². The van der Waals surface area contributed by atoms with E-state index < -0.39 is 11.3 Å². The quantitative estimate of drug-likeness (QED) is 0.688. The fourth-order valence-corrected chi connectivity index (χ4v) is 2.01. The minimum Gasteiger partial charge on any atom is -0.482 e. The van der Waals surface area contributed by atoms with Crippen LogP contribution >= 0.6 is 34.8 Å². The first-order valence-electron chi connectivity index (χ1n) is 6.04. The molecule has 0 fully saturated rings. The number of benzene rings is 2. The Hall–Kier alpha value is -1.42. The summed E-state index contributed by atoms with van der Waals surface area (Å²) in [6, 6.07) is 11.7. The van der Waals surface area contributed by atoms with Crippen LogP contribution in [0.3, 0.4) is 0 Å². The second kappa shape index (κ2) is 7.03. The Labute approximate surface area is 137 Å². The summed E-state index contributed by atoms with van der Waals surface area (Å²) >= 11 is 17.2. The lowest BCUT2D eigenvalue weighted by Crippen LogP contribution is -2.18. The Morgan fingerprint density at radius 3 is 2.24 bits per heavy atom. The first-order valence-corrected chi connectivity index (χ1v) is 7.18. The van der Waals surface area contributed by atoms with Crippen LogP contribution in [-0.2, 0) is 4.79 Å². The molecule has 1 atom stereocenters. The minimum absolute atomic E-state index is 0.421. The van der Waals surface area contributed by atoms with Crippen molar-refractivity contribution in [2.24, 2.45) is 0 Å². The molecule has 0 N–H and O–H groups in total. The van der Waals surface area contributed by atoms with E-state index in [0.29, 0.717) is 27.3 Å². The Morgan fingerprint density at radius 1 is 1.05 bits per heavy atom. The van der Waals surface area contributed by atoms with E-state index in [1.165, 1.54) is 0 Å². The lowest BCUT2D eigenvalue weighted by atomic mass is 10.3. The first kappa shape index (κ1) is 16.0. The van der Waals surface area contributed by atoms with Crippen LogP contribution in [0.2, 0.25) is 10.0 Å². The van der Waals surface area contributed by atoms with Crippen LogP contribution in [-0.4, -0.2) is 11.3 Å². The second-order valence-corrected chi connectivity index (χ2v) is 5.43. The lowest BCUT2D eigenvalue weighted by molar-refractivity contribution is -0.117. The van der Waals surface area contributed by atoms with Crippen LogP contribution in [0.25, 0.3) is 0 Å². The van der Waals surface area contributed by atoms with E-state index in [1.54, 1.807) is 49.4 Å². The highest BCUT2D eigenvalue weighted by Crippen LogP contribution is 2.32. The molecule has 0 saturated carbocycles. The van der Waals surface area contributed by atoms with E-state index in [1.807, 2.05) is 0 Å². The Bertz CT molecular complexity index is 641. The van der Waals surface area contributed by atoms with Crippen LogP contribution in [0.4, 0.5) is 0 Å². The lowest BCUT2D eigenvalue weighted by Gasteiger charge is -2.12. The summed E-state index contributed by atoms with van der Waals surface area (Å²) in [6.07, 6.45) is -0.704. The van der Waals surface area contributed by atoms with E-state index in [0.717, 1.165) is 0 Å². The maximum absolute atomic E-state index is 10.9. The van der Waals surface area contributed by atoms with E-state index in [4.69, 9.17) is 44.3 Å². The zero-order chi connectivity index (χ0) is 15.4. The molecule has 0 bridgehead atoms. The highest BCUT2D eigenvalue weighted by Gasteiger charge is 2.11. The number of hydrogen-bond acceptors (Lipinski definition) is 3. The van der Waals surface area contributed by atoms with Gasteiger partial charge in [-0.25, -0.2) is 0 Å². The first-order chi connectivity index (χ1) is 9.95. The molecule has 0 aromatic heterocycles. The third-order valence-electron chi connectivity index (χ3n) is 2.58. The van der Waals surface area contributed by atoms with Gasteiger partial charge in [-0.2, -0.15) is 0 Å². The van der Waals surface area contributed by atoms with Crippen molar-refractivity contribution in [2.45, 2.75) is 13.0 Å². The summed E-state index contributed by atoms with van der Waals surface area (Å²) in [5.41, 5.74) is 0. The zero-order valence-corrected chi connectivity index (χ0v) is 13.2. The molecule has 0 saturated heterocycles. The molecule has 6 heteroatoms. The number of carbonyl (C=O) groups is 1. The molecule has 3 nitrogen and oxygen atoms in total. The van der Waals surface area contributed by atoms with Gasteiger partial charge in [-0.3, -0.25) is 4.79 Å². The summed E-state index contributed by atoms with van der Waals surface area (Å²) < 4.78 is 11.0. The third kappa shape index (κ3) is 4.53. The van der Waals surface area contributed by atoms with Gasteiger partial charge in [0, 0.05) is 5.02 Å². The summed E-state index contributed by atoms with van der Waals surface area (Å²) in [5.74, 6) is 1.60. The van der Waals surface area contributed by atoms with E-state index in [-0.39, 0.29) is 0 Å². The van der Waals surface area contributed by atoms with Crippen LogP contribution in [0.15, 0.2) is 42.5 Å². The highest BCUT2D eigenvalue weighted by atomic mass is 35.5. The van der Waals surface area contributed by atoms with Crippen molar-refractivity contribution in [2.75, 3.05) is 0 Å². The molecule has 2 rings (SSSR count).